The van der Waals surface area contributed by atoms with Crippen LogP contribution >= 0.6 is 11.8 Å². The molecular weight excluding hydrogens is 921 g/mol. The average molecular weight is 985 g/mol. The van der Waals surface area contributed by atoms with Gasteiger partial charge in [-0.05, 0) is 92.5 Å². The number of aromatic nitrogens is 1. The minimum atomic E-state index is -1.36. The first-order valence-corrected chi connectivity index (χ1v) is 23.0. The maximum absolute atomic E-state index is 12.1. The molecule has 22 nitrogen and oxygen atoms in total. The van der Waals surface area contributed by atoms with E-state index < -0.39 is 90.7 Å². The summed E-state index contributed by atoms with van der Waals surface area (Å²) in [6.45, 7) is 1.86. The molecule has 18 N–H and O–H groups in total. The molecule has 0 saturated carbocycles. The van der Waals surface area contributed by atoms with E-state index in [0.29, 0.717) is 25.0 Å². The number of phenols is 1. The quantitative estimate of drug-likeness (QED) is 0.0318. The van der Waals surface area contributed by atoms with Gasteiger partial charge in [0.15, 0.2) is 0 Å². The van der Waals surface area contributed by atoms with Gasteiger partial charge in [-0.3, -0.25) is 24.0 Å². The monoisotopic (exact) mass is 984 g/mol. The van der Waals surface area contributed by atoms with E-state index in [9.17, 15) is 38.7 Å². The highest BCUT2D eigenvalue weighted by molar-refractivity contribution is 7.98. The number of nitrogens with two attached hydrogens (primary N) is 6. The van der Waals surface area contributed by atoms with Crippen molar-refractivity contribution in [3.05, 3.63) is 102 Å². The number of carbonyl (C=O) groups excluding carboxylic acids is 4. The minimum Gasteiger partial charge on any atom is -0.508 e. The van der Waals surface area contributed by atoms with Crippen LogP contribution < -0.4 is 39.7 Å². The molecular formula is C46H64N8O14S. The third-order valence-electron chi connectivity index (χ3n) is 10.0. The van der Waals surface area contributed by atoms with Crippen LogP contribution in [0.1, 0.15) is 42.9 Å². The van der Waals surface area contributed by atoms with Gasteiger partial charge in [0, 0.05) is 23.5 Å². The van der Waals surface area contributed by atoms with E-state index in [2.05, 4.69) is 15.0 Å². The number of nitrogens with one attached hydrogen (secondary N) is 2. The number of aromatic hydroxyl groups is 1. The summed E-state index contributed by atoms with van der Waals surface area (Å²) in [4.78, 5) is 81.7. The summed E-state index contributed by atoms with van der Waals surface area (Å²) in [5.41, 5.74) is 37.1. The number of carbonyl (C=O) groups is 7. The Kier molecular flexibility index (Phi) is 26.2. The van der Waals surface area contributed by atoms with Gasteiger partial charge in [-0.25, -0.2) is 9.59 Å². The molecule has 69 heavy (non-hydrogen) atoms. The highest BCUT2D eigenvalue weighted by Gasteiger charge is 2.31. The number of carboxylic acids is 3. The molecule has 0 radical (unpaired) electrons. The zero-order valence-electron chi connectivity index (χ0n) is 38.3. The summed E-state index contributed by atoms with van der Waals surface area (Å²) in [5, 5.41) is 38.6. The number of ether oxygens (including phenoxy) is 3. The number of hydrogen-bond donors (Lipinski definition) is 12. The maximum atomic E-state index is 12.1. The van der Waals surface area contributed by atoms with E-state index in [0.717, 1.165) is 47.0 Å². The third kappa shape index (κ3) is 22.0. The molecule has 5 rings (SSSR count). The first-order chi connectivity index (χ1) is 32.6. The molecule has 1 aliphatic heterocycles. The average Bonchev–Trinajstić information content (AvgIpc) is 4.02. The first kappa shape index (κ1) is 58.7. The number of aliphatic carboxylic acids is 3. The van der Waals surface area contributed by atoms with Crippen LogP contribution in [0.4, 0.5) is 0 Å². The van der Waals surface area contributed by atoms with Crippen molar-refractivity contribution in [2.75, 3.05) is 25.2 Å². The molecule has 1 saturated heterocycles. The van der Waals surface area contributed by atoms with Crippen molar-refractivity contribution in [1.29, 1.82) is 0 Å². The van der Waals surface area contributed by atoms with Crippen molar-refractivity contribution in [2.45, 2.75) is 93.8 Å². The largest absolute Gasteiger partial charge is 0.508 e. The van der Waals surface area contributed by atoms with Gasteiger partial charge < -0.3 is 79.3 Å². The van der Waals surface area contributed by atoms with Crippen LogP contribution in [0, 0.1) is 0 Å². The van der Waals surface area contributed by atoms with Crippen molar-refractivity contribution < 1.29 is 68.2 Å². The molecule has 1 fully saturated rings. The molecule has 8 atom stereocenters. The number of thioether (sulfide) groups is 1. The summed E-state index contributed by atoms with van der Waals surface area (Å²) in [6.07, 6.45) is 5.60. The van der Waals surface area contributed by atoms with Gasteiger partial charge in [0.2, 0.25) is 0 Å². The predicted molar refractivity (Wildman–Crippen MR) is 256 cm³/mol. The molecule has 378 valence electrons. The van der Waals surface area contributed by atoms with Crippen molar-refractivity contribution in [3.63, 3.8) is 0 Å². The van der Waals surface area contributed by atoms with Gasteiger partial charge in [-0.15, -0.1) is 0 Å². The number of para-hydroxylation sites is 1. The van der Waals surface area contributed by atoms with Crippen LogP contribution in [0.2, 0.25) is 0 Å². The zero-order chi connectivity index (χ0) is 51.6. The lowest BCUT2D eigenvalue weighted by molar-refractivity contribution is -0.165. The fourth-order valence-electron chi connectivity index (χ4n) is 5.93. The van der Waals surface area contributed by atoms with Crippen LogP contribution in [-0.2, 0) is 67.0 Å². The zero-order valence-corrected chi connectivity index (χ0v) is 39.1. The second-order valence-electron chi connectivity index (χ2n) is 15.6. The van der Waals surface area contributed by atoms with Crippen LogP contribution in [-0.4, -0.2) is 141 Å². The fourth-order valence-corrected chi connectivity index (χ4v) is 6.42. The second-order valence-corrected chi connectivity index (χ2v) is 16.6. The molecule has 1 aliphatic rings. The number of carboxylic acid groups (broad SMARTS) is 3. The van der Waals surface area contributed by atoms with Crippen LogP contribution in [0.15, 0.2) is 85.1 Å². The normalized spacial score (nSPS) is 15.8. The number of benzene rings is 3. The first-order valence-electron chi connectivity index (χ1n) is 21.6. The molecule has 1 aromatic heterocycles. The Morgan fingerprint density at radius 2 is 1.28 bits per heavy atom. The summed E-state index contributed by atoms with van der Waals surface area (Å²) in [6, 6.07) is 16.7. The summed E-state index contributed by atoms with van der Waals surface area (Å²) >= 11 is 1.51. The van der Waals surface area contributed by atoms with E-state index >= 15 is 0 Å². The Hall–Kier alpha value is -6.44. The van der Waals surface area contributed by atoms with Crippen LogP contribution in [0.25, 0.3) is 10.9 Å². The number of esters is 4. The van der Waals surface area contributed by atoms with Crippen molar-refractivity contribution >= 4 is 64.4 Å². The molecule has 23 heteroatoms. The third-order valence-corrected chi connectivity index (χ3v) is 10.7. The number of aromatic amines is 1. The molecule has 0 spiro atoms. The molecule has 0 unspecified atom stereocenters. The highest BCUT2D eigenvalue weighted by atomic mass is 32.2. The van der Waals surface area contributed by atoms with E-state index in [1.807, 2.05) is 60.9 Å². The minimum absolute atomic E-state index is 0.0979. The number of rotatable bonds is 20. The second kappa shape index (κ2) is 30.8. The molecule has 0 bridgehead atoms. The Morgan fingerprint density at radius 3 is 1.84 bits per heavy atom. The van der Waals surface area contributed by atoms with Crippen molar-refractivity contribution in [2.24, 2.45) is 34.4 Å². The van der Waals surface area contributed by atoms with E-state index in [1.165, 1.54) is 30.8 Å². The number of phenolic OH excluding ortho intramolecular Hbond substituents is 1. The van der Waals surface area contributed by atoms with Gasteiger partial charge >= 0.3 is 41.8 Å². The molecule has 3 aromatic carbocycles. The van der Waals surface area contributed by atoms with E-state index in [4.69, 9.17) is 59.2 Å². The van der Waals surface area contributed by atoms with Gasteiger partial charge in [-0.2, -0.15) is 11.8 Å². The molecule has 0 amide bonds. The van der Waals surface area contributed by atoms with E-state index in [1.54, 1.807) is 18.3 Å². The van der Waals surface area contributed by atoms with Crippen molar-refractivity contribution in [1.82, 2.24) is 10.3 Å². The maximum Gasteiger partial charge on any atom is 0.334 e. The van der Waals surface area contributed by atoms with Gasteiger partial charge in [0.1, 0.15) is 60.8 Å². The topological polar surface area (TPSA) is 412 Å². The predicted octanol–water partition coefficient (Wildman–Crippen LogP) is 0.128. The van der Waals surface area contributed by atoms with Gasteiger partial charge in [0.25, 0.3) is 0 Å². The Labute approximate surface area is 402 Å². The smallest absolute Gasteiger partial charge is 0.334 e. The molecule has 0 aliphatic carbocycles. The SMILES string of the molecule is CSCC[C@H](N)C(=O)OC(=O)[C@@H](N)[C@@H](C)OC(=O)[C@@H](N)Cc1ccc(O)cc1.N[C@@H](COC(=O)[C@@H](N)Cc1c[nH]c2ccccc12)C(=O)O.N[C@@H](Cc1ccccc1)C(=O)O.O=C(O)[C@@H]1CCCN1. The number of hydrogen-bond acceptors (Lipinski definition) is 19. The lowest BCUT2D eigenvalue weighted by Gasteiger charge is -2.21. The Morgan fingerprint density at radius 1 is 0.696 bits per heavy atom. The number of H-pyrrole nitrogens is 1. The highest BCUT2D eigenvalue weighted by Crippen LogP contribution is 2.19. The fraction of sp³-hybridized carbons (Fsp3) is 0.413. The Bertz CT molecular complexity index is 2250. The lowest BCUT2D eigenvalue weighted by atomic mass is 10.1. The summed E-state index contributed by atoms with van der Waals surface area (Å²) < 4.78 is 14.6. The van der Waals surface area contributed by atoms with E-state index in [-0.39, 0.29) is 18.2 Å². The van der Waals surface area contributed by atoms with Crippen molar-refractivity contribution in [3.8, 4) is 5.75 Å². The molecule has 4 aromatic rings. The lowest BCUT2D eigenvalue weighted by Crippen LogP contribution is -2.48. The molecule has 2 heterocycles. The summed E-state index contributed by atoms with van der Waals surface area (Å²) in [5.74, 6) is -5.50. The Balaban J connectivity index is 0.000000346. The van der Waals surface area contributed by atoms with Crippen LogP contribution in [0.3, 0.4) is 0 Å². The number of fused-ring (bicyclic) bond motifs is 1. The van der Waals surface area contributed by atoms with Gasteiger partial charge in [0.05, 0.1) is 0 Å². The van der Waals surface area contributed by atoms with Crippen LogP contribution in [0.5, 0.6) is 5.75 Å². The van der Waals surface area contributed by atoms with Gasteiger partial charge in [-0.1, -0.05) is 60.7 Å². The summed E-state index contributed by atoms with van der Waals surface area (Å²) in [7, 11) is 0. The standard InChI is InChI=1S/C18H27N3O6S.C14H17N3O4.C9H11NO2.C5H9NO2/c1-10(15(21)18(25)27-16(23)13(19)7-8-28-2)26-17(24)14(20)9-11-3-5-12(22)6-4-11;15-10(14(20)21-7-11(16)13(18)19)5-8-6-17-12-4-2-1-3-9(8)12;10-8(9(11)12)6-7-4-2-1-3-5-7;7-5(8)4-2-1-3-6-4/h3-6,10,13-15,22H,7-9,19-21H2,1-2H3;1-4,6,10-11,17H,5,7,15-16H2,(H,18,19);1-5,8H,6,10H2,(H,11,12);4,6H,1-3H2,(H,7,8)/t10-,13+,14+,15+;10-,11-;8-;4-/m1000/s1.